The fourth-order valence-corrected chi connectivity index (χ4v) is 2.12. The first-order valence-electron chi connectivity index (χ1n) is 8.01. The van der Waals surface area contributed by atoms with Crippen molar-refractivity contribution in [3.05, 3.63) is 35.9 Å². The Morgan fingerprint density at radius 1 is 1.17 bits per heavy atom. The van der Waals surface area contributed by atoms with Gasteiger partial charge in [0.05, 0.1) is 0 Å². The highest BCUT2D eigenvalue weighted by molar-refractivity contribution is 5.94. The van der Waals surface area contributed by atoms with Crippen molar-refractivity contribution in [1.29, 1.82) is 0 Å². The smallest absolute Gasteiger partial charge is 0.321 e. The first-order valence-corrected chi connectivity index (χ1v) is 8.01. The molecule has 0 fully saturated rings. The van der Waals surface area contributed by atoms with Crippen molar-refractivity contribution in [1.82, 2.24) is 16.0 Å². The van der Waals surface area contributed by atoms with Gasteiger partial charge in [-0.15, -0.1) is 0 Å². The Labute approximate surface area is 141 Å². The van der Waals surface area contributed by atoms with Gasteiger partial charge in [-0.25, -0.2) is 4.79 Å². The van der Waals surface area contributed by atoms with Gasteiger partial charge in [-0.05, 0) is 11.5 Å². The van der Waals surface area contributed by atoms with Crippen LogP contribution in [0.3, 0.4) is 0 Å². The topological polar surface area (TPSA) is 108 Å². The minimum Gasteiger partial charge on any atom is -0.480 e. The molecule has 3 amide bonds. The van der Waals surface area contributed by atoms with Gasteiger partial charge in [-0.3, -0.25) is 14.9 Å². The Balaban J connectivity index is 2.27. The van der Waals surface area contributed by atoms with E-state index in [0.717, 1.165) is 12.0 Å². The van der Waals surface area contributed by atoms with Crippen molar-refractivity contribution in [2.45, 2.75) is 39.3 Å². The van der Waals surface area contributed by atoms with Gasteiger partial charge in [0.2, 0.25) is 5.91 Å². The van der Waals surface area contributed by atoms with Crippen LogP contribution < -0.4 is 16.0 Å². The van der Waals surface area contributed by atoms with Crippen LogP contribution in [0.1, 0.15) is 32.3 Å². The number of carboxylic acids is 1. The maximum absolute atomic E-state index is 11.7. The monoisotopic (exact) mass is 335 g/mol. The molecule has 0 spiro atoms. The second kappa shape index (κ2) is 10.4. The standard InChI is InChI=1S/C17H25N3O4/c1-3-12(2)15(16(22)23)18-10-9-14(21)20-17(24)19-11-13-7-5-4-6-8-13/h4-8,12,15,18H,3,9-11H2,1-2H3,(H,22,23)(H2,19,20,21,24)/t12-,15-/m0/s1. The Kier molecular flexibility index (Phi) is 8.49. The van der Waals surface area contributed by atoms with Gasteiger partial charge in [0.1, 0.15) is 6.04 Å². The summed E-state index contributed by atoms with van der Waals surface area (Å²) in [4.78, 5) is 34.5. The average Bonchev–Trinajstić information content (AvgIpc) is 2.56. The van der Waals surface area contributed by atoms with Gasteiger partial charge in [0, 0.05) is 19.5 Å². The number of rotatable bonds is 9. The maximum atomic E-state index is 11.7. The number of benzene rings is 1. The summed E-state index contributed by atoms with van der Waals surface area (Å²) in [6.45, 7) is 4.27. The molecule has 24 heavy (non-hydrogen) atoms. The second-order valence-electron chi connectivity index (χ2n) is 5.62. The summed E-state index contributed by atoms with van der Waals surface area (Å²) >= 11 is 0. The van der Waals surface area contributed by atoms with Gasteiger partial charge in [-0.1, -0.05) is 50.6 Å². The van der Waals surface area contributed by atoms with E-state index in [1.807, 2.05) is 44.2 Å². The minimum absolute atomic E-state index is 0.0268. The third-order valence-electron chi connectivity index (χ3n) is 3.74. The molecule has 1 aromatic carbocycles. The number of imide groups is 1. The molecule has 7 nitrogen and oxygen atoms in total. The average molecular weight is 335 g/mol. The highest BCUT2D eigenvalue weighted by atomic mass is 16.4. The molecule has 1 rings (SSSR count). The molecule has 4 N–H and O–H groups in total. The van der Waals surface area contributed by atoms with Crippen LogP contribution in [0.15, 0.2) is 30.3 Å². The van der Waals surface area contributed by atoms with Crippen molar-refractivity contribution >= 4 is 17.9 Å². The number of hydrogen-bond acceptors (Lipinski definition) is 4. The molecule has 1 aromatic rings. The van der Waals surface area contributed by atoms with E-state index < -0.39 is 23.9 Å². The van der Waals surface area contributed by atoms with Crippen LogP contribution in [-0.2, 0) is 16.1 Å². The fourth-order valence-electron chi connectivity index (χ4n) is 2.12. The number of amides is 3. The lowest BCUT2D eigenvalue weighted by molar-refractivity contribution is -0.141. The lowest BCUT2D eigenvalue weighted by Gasteiger charge is -2.19. The first kappa shape index (κ1) is 19.6. The van der Waals surface area contributed by atoms with Crippen LogP contribution in [0.2, 0.25) is 0 Å². The van der Waals surface area contributed by atoms with Gasteiger partial charge in [0.25, 0.3) is 0 Å². The van der Waals surface area contributed by atoms with Gasteiger partial charge < -0.3 is 15.7 Å². The lowest BCUT2D eigenvalue weighted by Crippen LogP contribution is -2.44. The molecule has 2 atom stereocenters. The lowest BCUT2D eigenvalue weighted by atomic mass is 9.99. The molecule has 132 valence electrons. The zero-order valence-electron chi connectivity index (χ0n) is 14.0. The molecule has 0 radical (unpaired) electrons. The van der Waals surface area contributed by atoms with Crippen molar-refractivity contribution in [2.75, 3.05) is 6.54 Å². The molecule has 0 unspecified atom stereocenters. The van der Waals surface area contributed by atoms with Crippen LogP contribution in [0.5, 0.6) is 0 Å². The molecule has 0 saturated carbocycles. The van der Waals surface area contributed by atoms with E-state index in [9.17, 15) is 14.4 Å². The molecular weight excluding hydrogens is 310 g/mol. The van der Waals surface area contributed by atoms with Crippen LogP contribution in [-0.4, -0.2) is 35.6 Å². The van der Waals surface area contributed by atoms with Crippen molar-refractivity contribution < 1.29 is 19.5 Å². The number of carboxylic acid groups (broad SMARTS) is 1. The highest BCUT2D eigenvalue weighted by Crippen LogP contribution is 2.07. The molecule has 0 bridgehead atoms. The van der Waals surface area contributed by atoms with E-state index in [4.69, 9.17) is 5.11 Å². The Morgan fingerprint density at radius 2 is 1.83 bits per heavy atom. The normalized spacial score (nSPS) is 12.9. The number of hydrogen-bond donors (Lipinski definition) is 4. The summed E-state index contributed by atoms with van der Waals surface area (Å²) in [5, 5.41) is 16.8. The van der Waals surface area contributed by atoms with E-state index in [1.165, 1.54) is 0 Å². The highest BCUT2D eigenvalue weighted by Gasteiger charge is 2.22. The molecular formula is C17H25N3O4. The summed E-state index contributed by atoms with van der Waals surface area (Å²) < 4.78 is 0. The number of aliphatic carboxylic acids is 1. The van der Waals surface area contributed by atoms with Crippen molar-refractivity contribution in [3.63, 3.8) is 0 Å². The Morgan fingerprint density at radius 3 is 2.42 bits per heavy atom. The molecule has 0 aliphatic rings. The quantitative estimate of drug-likeness (QED) is 0.547. The number of urea groups is 1. The summed E-state index contributed by atoms with van der Waals surface area (Å²) in [5.41, 5.74) is 0.930. The van der Waals surface area contributed by atoms with E-state index in [-0.39, 0.29) is 18.9 Å². The van der Waals surface area contributed by atoms with Gasteiger partial charge >= 0.3 is 12.0 Å². The first-order chi connectivity index (χ1) is 11.4. The van der Waals surface area contributed by atoms with Crippen LogP contribution in [0, 0.1) is 5.92 Å². The van der Waals surface area contributed by atoms with Crippen LogP contribution in [0.25, 0.3) is 0 Å². The molecule has 0 heterocycles. The minimum atomic E-state index is -0.939. The number of nitrogens with one attached hydrogen (secondary N) is 3. The van der Waals surface area contributed by atoms with E-state index >= 15 is 0 Å². The second-order valence-corrected chi connectivity index (χ2v) is 5.62. The third kappa shape index (κ3) is 7.23. The predicted molar refractivity (Wildman–Crippen MR) is 90.3 cm³/mol. The molecule has 0 saturated heterocycles. The fraction of sp³-hybridized carbons (Fsp3) is 0.471. The Hall–Kier alpha value is -2.41. The van der Waals surface area contributed by atoms with Crippen LogP contribution in [0.4, 0.5) is 4.79 Å². The summed E-state index contributed by atoms with van der Waals surface area (Å²) in [6.07, 6.45) is 0.747. The number of carbonyl (C=O) groups is 3. The molecule has 0 aromatic heterocycles. The summed E-state index contributed by atoms with van der Waals surface area (Å²) in [7, 11) is 0. The van der Waals surface area contributed by atoms with E-state index in [0.29, 0.717) is 6.54 Å². The van der Waals surface area contributed by atoms with Gasteiger partial charge in [0.15, 0.2) is 0 Å². The maximum Gasteiger partial charge on any atom is 0.321 e. The molecule has 7 heteroatoms. The zero-order chi connectivity index (χ0) is 17.9. The van der Waals surface area contributed by atoms with Crippen molar-refractivity contribution in [2.24, 2.45) is 5.92 Å². The number of carbonyl (C=O) groups excluding carboxylic acids is 2. The van der Waals surface area contributed by atoms with E-state index in [2.05, 4.69) is 16.0 Å². The molecule has 0 aliphatic carbocycles. The molecule has 0 aliphatic heterocycles. The Bertz CT molecular complexity index is 548. The van der Waals surface area contributed by atoms with Gasteiger partial charge in [-0.2, -0.15) is 0 Å². The summed E-state index contributed by atoms with van der Waals surface area (Å²) in [6, 6.07) is 8.07. The largest absolute Gasteiger partial charge is 0.480 e. The third-order valence-corrected chi connectivity index (χ3v) is 3.74. The zero-order valence-corrected chi connectivity index (χ0v) is 14.0. The summed E-state index contributed by atoms with van der Waals surface area (Å²) in [5.74, 6) is -1.44. The van der Waals surface area contributed by atoms with Crippen LogP contribution >= 0.6 is 0 Å². The van der Waals surface area contributed by atoms with Crippen molar-refractivity contribution in [3.8, 4) is 0 Å². The SMILES string of the molecule is CC[C@H](C)[C@H](NCCC(=O)NC(=O)NCc1ccccc1)C(=O)O. The predicted octanol–water partition coefficient (Wildman–Crippen LogP) is 1.49. The van der Waals surface area contributed by atoms with E-state index in [1.54, 1.807) is 0 Å².